The lowest BCUT2D eigenvalue weighted by molar-refractivity contribution is 0.245. The number of hydrogen-bond donors (Lipinski definition) is 2. The molecule has 16 heavy (non-hydrogen) atoms. The van der Waals surface area contributed by atoms with Crippen molar-refractivity contribution < 1.29 is 9.36 Å². The van der Waals surface area contributed by atoms with Crippen LogP contribution in [0.1, 0.15) is 5.56 Å². The molecule has 0 bridgehead atoms. The van der Waals surface area contributed by atoms with Crippen molar-refractivity contribution in [3.8, 4) is 0 Å². The van der Waals surface area contributed by atoms with Crippen molar-refractivity contribution in [3.05, 3.63) is 34.9 Å². The summed E-state index contributed by atoms with van der Waals surface area (Å²) in [6.07, 6.45) is 0. The van der Waals surface area contributed by atoms with Crippen molar-refractivity contribution in [1.29, 1.82) is 0 Å². The molecule has 1 aromatic carbocycles. The van der Waals surface area contributed by atoms with Crippen molar-refractivity contribution in [2.24, 2.45) is 0 Å². The predicted octanol–water partition coefficient (Wildman–Crippen LogP) is 3.72. The molecule has 0 saturated heterocycles. The van der Waals surface area contributed by atoms with Gasteiger partial charge in [0.2, 0.25) is 0 Å². The number of hydrogen-bond acceptors (Lipinski definition) is 2. The van der Waals surface area contributed by atoms with Crippen LogP contribution in [0.25, 0.3) is 0 Å². The minimum atomic E-state index is -3.61. The summed E-state index contributed by atoms with van der Waals surface area (Å²) in [4.78, 5) is 11.1. The molecular formula is C8H8Cl3N2O2P. The van der Waals surface area contributed by atoms with Gasteiger partial charge in [-0.05, 0) is 34.1 Å². The van der Waals surface area contributed by atoms with Crippen LogP contribution in [0.4, 0.5) is 4.79 Å². The molecule has 2 N–H and O–H groups in total. The maximum absolute atomic E-state index is 11.1. The van der Waals surface area contributed by atoms with E-state index in [1.54, 1.807) is 24.3 Å². The van der Waals surface area contributed by atoms with Gasteiger partial charge in [0.05, 0.1) is 0 Å². The number of rotatable bonds is 3. The van der Waals surface area contributed by atoms with E-state index >= 15 is 0 Å². The van der Waals surface area contributed by atoms with E-state index in [-0.39, 0.29) is 6.54 Å². The highest BCUT2D eigenvalue weighted by atomic mass is 35.9. The van der Waals surface area contributed by atoms with E-state index in [4.69, 9.17) is 34.1 Å². The van der Waals surface area contributed by atoms with Crippen LogP contribution < -0.4 is 10.4 Å². The Kier molecular flexibility index (Phi) is 4.93. The van der Waals surface area contributed by atoms with Crippen molar-refractivity contribution in [2.45, 2.75) is 6.54 Å². The minimum absolute atomic E-state index is 0.194. The van der Waals surface area contributed by atoms with Gasteiger partial charge in [0.1, 0.15) is 0 Å². The zero-order chi connectivity index (χ0) is 12.2. The normalized spacial score (nSPS) is 10.9. The predicted molar refractivity (Wildman–Crippen MR) is 66.1 cm³/mol. The first-order valence-corrected chi connectivity index (χ1v) is 8.07. The summed E-state index contributed by atoms with van der Waals surface area (Å²) in [6.45, 7) is 0.194. The maximum atomic E-state index is 11.1. The number of carbonyl (C=O) groups is 1. The summed E-state index contributed by atoms with van der Waals surface area (Å²) < 4.78 is 10.8. The van der Waals surface area contributed by atoms with Gasteiger partial charge in [-0.1, -0.05) is 29.8 Å². The second-order valence-electron chi connectivity index (χ2n) is 2.85. The topological polar surface area (TPSA) is 58.2 Å². The van der Waals surface area contributed by atoms with Gasteiger partial charge in [-0.3, -0.25) is 9.65 Å². The number of carbonyl (C=O) groups excluding carboxylic acids is 1. The van der Waals surface area contributed by atoms with Gasteiger partial charge in [0.25, 0.3) is 0 Å². The zero-order valence-electron chi connectivity index (χ0n) is 7.91. The van der Waals surface area contributed by atoms with Crippen LogP contribution in [0, 0.1) is 0 Å². The van der Waals surface area contributed by atoms with E-state index in [2.05, 4.69) is 5.32 Å². The van der Waals surface area contributed by atoms with Crippen LogP contribution >= 0.6 is 40.1 Å². The van der Waals surface area contributed by atoms with E-state index in [0.717, 1.165) is 5.56 Å². The van der Waals surface area contributed by atoms with Crippen molar-refractivity contribution in [3.63, 3.8) is 0 Å². The van der Waals surface area contributed by atoms with E-state index in [9.17, 15) is 9.36 Å². The first-order valence-electron chi connectivity index (χ1n) is 4.17. The minimum Gasteiger partial charge on any atom is -0.334 e. The Labute approximate surface area is 107 Å². The SMILES string of the molecule is O=C(NCc1ccccc1Cl)NP(=O)(Cl)Cl. The first-order chi connectivity index (χ1) is 7.38. The van der Waals surface area contributed by atoms with Crippen LogP contribution in [-0.4, -0.2) is 6.03 Å². The summed E-state index contributed by atoms with van der Waals surface area (Å²) >= 11 is 16.2. The molecule has 0 aliphatic rings. The largest absolute Gasteiger partial charge is 0.346 e. The number of amides is 2. The lowest BCUT2D eigenvalue weighted by atomic mass is 10.2. The molecule has 0 aliphatic heterocycles. The van der Waals surface area contributed by atoms with Gasteiger partial charge in [-0.2, -0.15) is 0 Å². The second kappa shape index (κ2) is 5.78. The van der Waals surface area contributed by atoms with Crippen LogP contribution in [0.15, 0.2) is 24.3 Å². The Hall–Kier alpha value is -0.410. The molecule has 0 unspecified atom stereocenters. The number of nitrogens with one attached hydrogen (secondary N) is 2. The molecule has 0 saturated carbocycles. The number of urea groups is 1. The molecule has 4 nitrogen and oxygen atoms in total. The van der Waals surface area contributed by atoms with Gasteiger partial charge >= 0.3 is 12.0 Å². The fourth-order valence-electron chi connectivity index (χ4n) is 0.975. The standard InChI is InChI=1S/C8H8Cl3N2O2P/c9-7-4-2-1-3-6(7)5-12-8(14)13-16(10,11)15/h1-4H,5H2,(H2,12,13,14,15). The smallest absolute Gasteiger partial charge is 0.334 e. The van der Waals surface area contributed by atoms with Crippen LogP contribution in [0.5, 0.6) is 0 Å². The Morgan fingerprint density at radius 3 is 2.50 bits per heavy atom. The molecular weight excluding hydrogens is 293 g/mol. The molecule has 1 aromatic rings. The summed E-state index contributed by atoms with van der Waals surface area (Å²) in [6, 6.07) is 6.30. The van der Waals surface area contributed by atoms with E-state index < -0.39 is 12.0 Å². The molecule has 0 spiro atoms. The Bertz CT molecular complexity index is 435. The third-order valence-corrected chi connectivity index (χ3v) is 2.97. The van der Waals surface area contributed by atoms with Crippen molar-refractivity contribution in [2.75, 3.05) is 0 Å². The molecule has 2 amide bonds. The molecule has 0 aliphatic carbocycles. The van der Waals surface area contributed by atoms with Gasteiger partial charge < -0.3 is 5.32 Å². The lowest BCUT2D eigenvalue weighted by Crippen LogP contribution is -2.31. The summed E-state index contributed by atoms with van der Waals surface area (Å²) in [5.41, 5.74) is 0.735. The molecule has 1 rings (SSSR count). The molecule has 8 heteroatoms. The van der Waals surface area contributed by atoms with Crippen molar-refractivity contribution in [1.82, 2.24) is 10.4 Å². The first kappa shape index (κ1) is 13.7. The fraction of sp³-hybridized carbons (Fsp3) is 0.125. The van der Waals surface area contributed by atoms with Gasteiger partial charge in [-0.15, -0.1) is 0 Å². The quantitative estimate of drug-likeness (QED) is 0.836. The summed E-state index contributed by atoms with van der Waals surface area (Å²) in [7, 11) is 0. The average Bonchev–Trinajstić information content (AvgIpc) is 2.14. The van der Waals surface area contributed by atoms with Crippen LogP contribution in [0.2, 0.25) is 5.02 Å². The molecule has 0 atom stereocenters. The van der Waals surface area contributed by atoms with Gasteiger partial charge in [0, 0.05) is 11.6 Å². The third-order valence-electron chi connectivity index (χ3n) is 1.63. The van der Waals surface area contributed by atoms with E-state index in [0.29, 0.717) is 5.02 Å². The molecule has 88 valence electrons. The molecule has 0 fully saturated rings. The van der Waals surface area contributed by atoms with E-state index in [1.807, 2.05) is 5.09 Å². The monoisotopic (exact) mass is 300 g/mol. The number of benzene rings is 1. The van der Waals surface area contributed by atoms with E-state index in [1.165, 1.54) is 0 Å². The fourth-order valence-corrected chi connectivity index (χ4v) is 1.95. The average molecular weight is 301 g/mol. The Balaban J connectivity index is 2.50. The lowest BCUT2D eigenvalue weighted by Gasteiger charge is -2.08. The van der Waals surface area contributed by atoms with Gasteiger partial charge in [0.15, 0.2) is 0 Å². The highest BCUT2D eigenvalue weighted by Gasteiger charge is 2.16. The third kappa shape index (κ3) is 5.08. The summed E-state index contributed by atoms with van der Waals surface area (Å²) in [5.74, 6) is -3.61. The van der Waals surface area contributed by atoms with Gasteiger partial charge in [-0.25, -0.2) is 4.79 Å². The highest BCUT2D eigenvalue weighted by Crippen LogP contribution is 2.51. The van der Waals surface area contributed by atoms with Crippen LogP contribution in [-0.2, 0) is 11.1 Å². The Morgan fingerprint density at radius 1 is 1.31 bits per heavy atom. The second-order valence-corrected chi connectivity index (χ2v) is 7.78. The molecule has 0 aromatic heterocycles. The maximum Gasteiger partial charge on any atom is 0.346 e. The summed E-state index contributed by atoms with van der Waals surface area (Å²) in [5, 5.41) is 4.85. The van der Waals surface area contributed by atoms with Crippen LogP contribution in [0.3, 0.4) is 0 Å². The Morgan fingerprint density at radius 2 is 1.94 bits per heavy atom. The number of halogens is 3. The molecule has 0 heterocycles. The molecule has 0 radical (unpaired) electrons. The zero-order valence-corrected chi connectivity index (χ0v) is 11.1. The van der Waals surface area contributed by atoms with Crippen molar-refractivity contribution >= 4 is 46.1 Å². The highest BCUT2D eigenvalue weighted by molar-refractivity contribution is 8.07.